The maximum atomic E-state index is 13.6. The zero-order valence-electron chi connectivity index (χ0n) is 26.5. The van der Waals surface area contributed by atoms with Gasteiger partial charge in [-0.1, -0.05) is 0 Å². The molecule has 3 aliphatic rings. The van der Waals surface area contributed by atoms with Gasteiger partial charge < -0.3 is 41.9 Å². The number of anilines is 1. The summed E-state index contributed by atoms with van der Waals surface area (Å²) in [5.74, 6) is -6.47. The Morgan fingerprint density at radius 3 is 1.68 bits per heavy atom. The number of aromatic carboxylic acids is 1. The van der Waals surface area contributed by atoms with Gasteiger partial charge in [0.25, 0.3) is 0 Å². The standard InChI is InChI=1S/C25H36N6O5.2C2HF3O2/c26-14-16-1-3-17(4-2-16)23(33)31-15-20(29-9-11-30(12-10-29)25(27)36)13-21(31)22(32)28-19-7-5-18(6-8-19)24(34)35;2*3-2(4,5)1(6)7/h5-8,16-17,20-21H,1-4,9-15,26H2,(H2,27,36)(H,28,32)(H,34,35);2*(H,6,7)/t16-,17-,20-,21-;;/m0../s1. The van der Waals surface area contributed by atoms with E-state index in [1.54, 1.807) is 21.9 Å². The molecule has 4 amide bonds. The molecule has 2 aliphatic heterocycles. The smallest absolute Gasteiger partial charge is 0.478 e. The van der Waals surface area contributed by atoms with Crippen molar-refractivity contribution in [2.45, 2.75) is 56.5 Å². The first-order chi connectivity index (χ1) is 23.1. The van der Waals surface area contributed by atoms with Crippen molar-refractivity contribution in [3.05, 3.63) is 29.8 Å². The number of alkyl halides is 6. The summed E-state index contributed by atoms with van der Waals surface area (Å²) in [5, 5.41) is 26.2. The molecule has 21 heteroatoms. The summed E-state index contributed by atoms with van der Waals surface area (Å²) in [4.78, 5) is 73.0. The zero-order chi connectivity index (χ0) is 38.0. The van der Waals surface area contributed by atoms with Gasteiger partial charge in [-0.3, -0.25) is 14.5 Å². The van der Waals surface area contributed by atoms with Crippen LogP contribution >= 0.6 is 0 Å². The summed E-state index contributed by atoms with van der Waals surface area (Å²) in [5.41, 5.74) is 11.9. The van der Waals surface area contributed by atoms with E-state index < -0.39 is 42.3 Å². The molecule has 1 aromatic rings. The summed E-state index contributed by atoms with van der Waals surface area (Å²) < 4.78 is 63.5. The highest BCUT2D eigenvalue weighted by Gasteiger charge is 2.44. The first kappa shape index (κ1) is 41.5. The molecule has 0 radical (unpaired) electrons. The predicted octanol–water partition coefficient (Wildman–Crippen LogP) is 2.02. The molecule has 50 heavy (non-hydrogen) atoms. The number of likely N-dealkylation sites (tertiary alicyclic amines) is 1. The summed E-state index contributed by atoms with van der Waals surface area (Å²) >= 11 is 0. The van der Waals surface area contributed by atoms with Crippen LogP contribution in [0.25, 0.3) is 0 Å². The normalized spacial score (nSPS) is 22.6. The fraction of sp³-hybridized carbons (Fsp3) is 0.586. The Balaban J connectivity index is 0.000000521. The number of carbonyl (C=O) groups excluding carboxylic acids is 3. The molecule has 0 bridgehead atoms. The van der Waals surface area contributed by atoms with E-state index in [1.807, 2.05) is 0 Å². The number of nitrogens with two attached hydrogens (primary N) is 2. The highest BCUT2D eigenvalue weighted by Crippen LogP contribution is 2.33. The molecule has 1 aromatic carbocycles. The molecule has 0 spiro atoms. The van der Waals surface area contributed by atoms with Gasteiger partial charge >= 0.3 is 36.3 Å². The molecule has 3 fully saturated rings. The second-order valence-corrected chi connectivity index (χ2v) is 11.7. The minimum atomic E-state index is -5.08. The van der Waals surface area contributed by atoms with Gasteiger partial charge in [0, 0.05) is 50.4 Å². The van der Waals surface area contributed by atoms with Crippen molar-refractivity contribution in [3.8, 4) is 0 Å². The van der Waals surface area contributed by atoms with E-state index in [-0.39, 0.29) is 29.3 Å². The second-order valence-electron chi connectivity index (χ2n) is 11.7. The number of aliphatic carboxylic acids is 2. The zero-order valence-corrected chi connectivity index (χ0v) is 26.5. The minimum absolute atomic E-state index is 0.00879. The molecule has 8 N–H and O–H groups in total. The lowest BCUT2D eigenvalue weighted by Gasteiger charge is -2.37. The van der Waals surface area contributed by atoms with Gasteiger partial charge in [0.05, 0.1) is 5.56 Å². The average molecular weight is 729 g/mol. The van der Waals surface area contributed by atoms with Crippen molar-refractivity contribution in [3.63, 3.8) is 0 Å². The van der Waals surface area contributed by atoms with Crippen LogP contribution in [0, 0.1) is 11.8 Å². The number of rotatable bonds is 6. The molecule has 15 nitrogen and oxygen atoms in total. The Kier molecular flexibility index (Phi) is 14.8. The number of carboxylic acids is 3. The fourth-order valence-corrected chi connectivity index (χ4v) is 5.68. The monoisotopic (exact) mass is 728 g/mol. The minimum Gasteiger partial charge on any atom is -0.478 e. The van der Waals surface area contributed by atoms with Crippen molar-refractivity contribution < 1.29 is 70.4 Å². The summed E-state index contributed by atoms with van der Waals surface area (Å²) in [7, 11) is 0. The Bertz CT molecular complexity index is 1340. The quantitative estimate of drug-likeness (QED) is 0.232. The van der Waals surface area contributed by atoms with Crippen LogP contribution in [0.1, 0.15) is 42.5 Å². The van der Waals surface area contributed by atoms with Crippen LogP contribution in [0.15, 0.2) is 24.3 Å². The van der Waals surface area contributed by atoms with E-state index in [4.69, 9.17) is 36.4 Å². The van der Waals surface area contributed by atoms with Crippen LogP contribution in [0.3, 0.4) is 0 Å². The van der Waals surface area contributed by atoms with E-state index in [9.17, 15) is 45.5 Å². The number of hydrogen-bond donors (Lipinski definition) is 6. The van der Waals surface area contributed by atoms with Crippen molar-refractivity contribution in [2.75, 3.05) is 44.6 Å². The molecule has 4 rings (SSSR count). The SMILES string of the molecule is NC[C@H]1CC[C@H](C(=O)N2C[C@@H](N3CCN(C(N)=O)CC3)C[C@H]2C(=O)Nc2ccc(C(=O)O)cc2)CC1.O=C(O)C(F)(F)F.O=C(O)C(F)(F)F. The van der Waals surface area contributed by atoms with Crippen molar-refractivity contribution in [1.29, 1.82) is 0 Å². The van der Waals surface area contributed by atoms with Crippen molar-refractivity contribution in [2.24, 2.45) is 23.3 Å². The molecule has 2 heterocycles. The third kappa shape index (κ3) is 12.3. The number of urea groups is 1. The highest BCUT2D eigenvalue weighted by molar-refractivity contribution is 5.98. The molecule has 2 atom stereocenters. The summed E-state index contributed by atoms with van der Waals surface area (Å²) in [6, 6.07) is 4.93. The molecule has 0 aromatic heterocycles. The highest BCUT2D eigenvalue weighted by atomic mass is 19.4. The lowest BCUT2D eigenvalue weighted by molar-refractivity contribution is -0.193. The third-order valence-corrected chi connectivity index (χ3v) is 8.42. The van der Waals surface area contributed by atoms with Crippen LogP contribution in [0.5, 0.6) is 0 Å². The number of hydrogen-bond acceptors (Lipinski definition) is 8. The largest absolute Gasteiger partial charge is 0.490 e. The number of primary amides is 1. The topological polar surface area (TPSA) is 237 Å². The Morgan fingerprint density at radius 2 is 1.28 bits per heavy atom. The van der Waals surface area contributed by atoms with Crippen LogP contribution in [-0.4, -0.2) is 129 Å². The molecule has 2 saturated heterocycles. The first-order valence-corrected chi connectivity index (χ1v) is 15.2. The number of carbonyl (C=O) groups is 6. The Morgan fingerprint density at radius 1 is 0.800 bits per heavy atom. The van der Waals surface area contributed by atoms with Gasteiger partial charge in [0.1, 0.15) is 6.04 Å². The van der Waals surface area contributed by atoms with Crippen LogP contribution in [0.4, 0.5) is 36.8 Å². The molecule has 0 unspecified atom stereocenters. The molecule has 280 valence electrons. The van der Waals surface area contributed by atoms with Gasteiger partial charge in [-0.15, -0.1) is 0 Å². The number of nitrogens with one attached hydrogen (secondary N) is 1. The fourth-order valence-electron chi connectivity index (χ4n) is 5.68. The third-order valence-electron chi connectivity index (χ3n) is 8.42. The van der Waals surface area contributed by atoms with Crippen LogP contribution in [-0.2, 0) is 19.2 Å². The van der Waals surface area contributed by atoms with Crippen LogP contribution < -0.4 is 16.8 Å². The molecular weight excluding hydrogens is 690 g/mol. The number of amides is 4. The number of nitrogens with zero attached hydrogens (tertiary/aromatic N) is 3. The van der Waals surface area contributed by atoms with Crippen molar-refractivity contribution >= 4 is 41.4 Å². The van der Waals surface area contributed by atoms with Gasteiger partial charge in [0.15, 0.2) is 0 Å². The van der Waals surface area contributed by atoms with Gasteiger partial charge in [-0.25, -0.2) is 19.2 Å². The number of carboxylic acid groups (broad SMARTS) is 3. The lowest BCUT2D eigenvalue weighted by Crippen LogP contribution is -2.54. The van der Waals surface area contributed by atoms with Gasteiger partial charge in [0.2, 0.25) is 11.8 Å². The van der Waals surface area contributed by atoms with Crippen molar-refractivity contribution in [1.82, 2.24) is 14.7 Å². The Labute approximate surface area is 281 Å². The van der Waals surface area contributed by atoms with E-state index in [2.05, 4.69) is 10.2 Å². The summed E-state index contributed by atoms with van der Waals surface area (Å²) in [6.45, 7) is 3.42. The molecular formula is C29H38F6N6O9. The number of benzene rings is 1. The van der Waals surface area contributed by atoms with Crippen LogP contribution in [0.2, 0.25) is 0 Å². The first-order valence-electron chi connectivity index (χ1n) is 15.2. The summed E-state index contributed by atoms with van der Waals surface area (Å²) in [6.07, 6.45) is -6.26. The Hall–Kier alpha value is -4.66. The average Bonchev–Trinajstić information content (AvgIpc) is 3.50. The van der Waals surface area contributed by atoms with E-state index in [0.29, 0.717) is 57.3 Å². The molecule has 1 aliphatic carbocycles. The number of halogens is 6. The van der Waals surface area contributed by atoms with E-state index in [1.165, 1.54) is 12.1 Å². The van der Waals surface area contributed by atoms with Gasteiger partial charge in [-0.05, 0) is 68.8 Å². The maximum absolute atomic E-state index is 13.6. The number of piperazine rings is 1. The van der Waals surface area contributed by atoms with Gasteiger partial charge in [-0.2, -0.15) is 26.3 Å². The predicted molar refractivity (Wildman–Crippen MR) is 161 cm³/mol. The van der Waals surface area contributed by atoms with E-state index in [0.717, 1.165) is 25.7 Å². The van der Waals surface area contributed by atoms with E-state index >= 15 is 0 Å². The second kappa shape index (κ2) is 17.8. The molecule has 1 saturated carbocycles. The maximum Gasteiger partial charge on any atom is 0.490 e. The lowest BCUT2D eigenvalue weighted by atomic mass is 9.81.